The molecule has 2 amide bonds. The number of hydrogen-bond donors (Lipinski definition) is 1. The molecule has 2 aromatic carbocycles. The van der Waals surface area contributed by atoms with E-state index in [9.17, 15) is 14.0 Å². The lowest BCUT2D eigenvalue weighted by atomic mass is 9.79. The summed E-state index contributed by atoms with van der Waals surface area (Å²) in [5.74, 6) is -0.104. The van der Waals surface area contributed by atoms with Crippen LogP contribution in [0.4, 0.5) is 10.1 Å². The van der Waals surface area contributed by atoms with Crippen molar-refractivity contribution in [2.24, 2.45) is 5.92 Å². The van der Waals surface area contributed by atoms with Gasteiger partial charge < -0.3 is 15.0 Å². The molecule has 1 aliphatic heterocycles. The molecule has 2 unspecified atom stereocenters. The highest BCUT2D eigenvalue weighted by molar-refractivity contribution is 6.03. The van der Waals surface area contributed by atoms with Crippen molar-refractivity contribution in [3.05, 3.63) is 72.6 Å². The van der Waals surface area contributed by atoms with Gasteiger partial charge in [0.25, 0.3) is 0 Å². The standard InChI is InChI=1S/C22H23FN2O3/c1-3-14-28-18-10-4-15(5-11-18)21-19(12-13-20(26)24-2)22(27)25(21)17-8-6-16(23)7-9-17/h3-11,19,21H,1,12-14H2,2H3,(H,24,26). The zero-order valence-corrected chi connectivity index (χ0v) is 15.7. The first-order chi connectivity index (χ1) is 13.5. The molecule has 3 rings (SSSR count). The molecule has 0 saturated carbocycles. The van der Waals surface area contributed by atoms with Crippen LogP contribution in [0.15, 0.2) is 61.2 Å². The predicted molar refractivity (Wildman–Crippen MR) is 106 cm³/mol. The predicted octanol–water partition coefficient (Wildman–Crippen LogP) is 3.62. The van der Waals surface area contributed by atoms with Crippen molar-refractivity contribution >= 4 is 17.5 Å². The molecule has 6 heteroatoms. The molecule has 1 N–H and O–H groups in total. The van der Waals surface area contributed by atoms with Crippen LogP contribution in [0.25, 0.3) is 0 Å². The number of hydrogen-bond acceptors (Lipinski definition) is 3. The summed E-state index contributed by atoms with van der Waals surface area (Å²) in [6.45, 7) is 4.04. The molecule has 0 spiro atoms. The maximum absolute atomic E-state index is 13.3. The average Bonchev–Trinajstić information content (AvgIpc) is 2.72. The van der Waals surface area contributed by atoms with Crippen LogP contribution in [0.2, 0.25) is 0 Å². The number of β-lactam (4-membered cyclic amide) rings is 1. The number of anilines is 1. The quantitative estimate of drug-likeness (QED) is 0.560. The first-order valence-corrected chi connectivity index (χ1v) is 9.18. The largest absolute Gasteiger partial charge is 0.490 e. The highest BCUT2D eigenvalue weighted by Crippen LogP contribution is 2.45. The lowest BCUT2D eigenvalue weighted by Crippen LogP contribution is -2.55. The molecule has 2 aromatic rings. The van der Waals surface area contributed by atoms with E-state index < -0.39 is 0 Å². The van der Waals surface area contributed by atoms with Gasteiger partial charge in [-0.3, -0.25) is 9.59 Å². The number of ether oxygens (including phenoxy) is 1. The van der Waals surface area contributed by atoms with Gasteiger partial charge in [-0.2, -0.15) is 0 Å². The van der Waals surface area contributed by atoms with Crippen LogP contribution in [-0.4, -0.2) is 25.5 Å². The van der Waals surface area contributed by atoms with Crippen LogP contribution in [0.3, 0.4) is 0 Å². The second-order valence-corrected chi connectivity index (χ2v) is 6.62. The Balaban J connectivity index is 1.85. The van der Waals surface area contributed by atoms with Crippen molar-refractivity contribution in [2.75, 3.05) is 18.6 Å². The van der Waals surface area contributed by atoms with Crippen molar-refractivity contribution in [3.63, 3.8) is 0 Å². The molecule has 1 aliphatic rings. The Morgan fingerprint density at radius 3 is 2.50 bits per heavy atom. The van der Waals surface area contributed by atoms with Gasteiger partial charge >= 0.3 is 0 Å². The van der Waals surface area contributed by atoms with Crippen molar-refractivity contribution in [1.29, 1.82) is 0 Å². The Morgan fingerprint density at radius 1 is 1.21 bits per heavy atom. The Hall–Kier alpha value is -3.15. The molecule has 28 heavy (non-hydrogen) atoms. The average molecular weight is 382 g/mol. The molecule has 0 radical (unpaired) electrons. The van der Waals surface area contributed by atoms with Crippen molar-refractivity contribution in [1.82, 2.24) is 5.32 Å². The van der Waals surface area contributed by atoms with Gasteiger partial charge in [0.15, 0.2) is 0 Å². The number of nitrogens with one attached hydrogen (secondary N) is 1. The summed E-state index contributed by atoms with van der Waals surface area (Å²) in [6.07, 6.45) is 2.40. The Kier molecular flexibility index (Phi) is 6.09. The van der Waals surface area contributed by atoms with E-state index in [1.165, 1.54) is 12.1 Å². The molecule has 0 aromatic heterocycles. The van der Waals surface area contributed by atoms with Crippen molar-refractivity contribution in [3.8, 4) is 5.75 Å². The number of carbonyl (C=O) groups is 2. The van der Waals surface area contributed by atoms with E-state index >= 15 is 0 Å². The van der Waals surface area contributed by atoms with Crippen molar-refractivity contribution < 1.29 is 18.7 Å². The minimum Gasteiger partial charge on any atom is -0.490 e. The second-order valence-electron chi connectivity index (χ2n) is 6.62. The lowest BCUT2D eigenvalue weighted by molar-refractivity contribution is -0.131. The number of carbonyl (C=O) groups excluding carboxylic acids is 2. The van der Waals surface area contributed by atoms with Gasteiger partial charge in [-0.1, -0.05) is 24.8 Å². The van der Waals surface area contributed by atoms with E-state index in [0.717, 1.165) is 5.56 Å². The van der Waals surface area contributed by atoms with Crippen molar-refractivity contribution in [2.45, 2.75) is 18.9 Å². The minimum atomic E-state index is -0.354. The van der Waals surface area contributed by atoms with E-state index in [1.54, 1.807) is 30.2 Å². The Morgan fingerprint density at radius 2 is 1.89 bits per heavy atom. The number of nitrogens with zero attached hydrogens (tertiary/aromatic N) is 1. The molecular formula is C22H23FN2O3. The molecule has 1 saturated heterocycles. The SMILES string of the molecule is C=CCOc1ccc(C2C(CCC(=O)NC)C(=O)N2c2ccc(F)cc2)cc1. The molecular weight excluding hydrogens is 359 g/mol. The first-order valence-electron chi connectivity index (χ1n) is 9.18. The second kappa shape index (κ2) is 8.69. The van der Waals surface area contributed by atoms with Gasteiger partial charge in [-0.25, -0.2) is 4.39 Å². The Labute approximate surface area is 163 Å². The highest BCUT2D eigenvalue weighted by atomic mass is 19.1. The van der Waals surface area contributed by atoms with Crippen LogP contribution in [0, 0.1) is 11.7 Å². The zero-order chi connectivity index (χ0) is 20.1. The summed E-state index contributed by atoms with van der Waals surface area (Å²) in [4.78, 5) is 26.1. The minimum absolute atomic E-state index is 0.0625. The van der Waals surface area contributed by atoms with Gasteiger partial charge in [-0.15, -0.1) is 0 Å². The normalized spacial score (nSPS) is 18.4. The summed E-state index contributed by atoms with van der Waals surface area (Å²) in [5, 5.41) is 2.58. The molecule has 2 atom stereocenters. The van der Waals surface area contributed by atoms with E-state index in [-0.39, 0.29) is 36.0 Å². The fourth-order valence-electron chi connectivity index (χ4n) is 3.43. The molecule has 0 aliphatic carbocycles. The summed E-state index contributed by atoms with van der Waals surface area (Å²) >= 11 is 0. The van der Waals surface area contributed by atoms with Crippen LogP contribution in [0.5, 0.6) is 5.75 Å². The van der Waals surface area contributed by atoms with E-state index in [0.29, 0.717) is 24.5 Å². The highest BCUT2D eigenvalue weighted by Gasteiger charge is 2.48. The molecule has 1 heterocycles. The number of halogens is 1. The van der Waals surface area contributed by atoms with Gasteiger partial charge in [0.05, 0.1) is 12.0 Å². The van der Waals surface area contributed by atoms with E-state index in [4.69, 9.17) is 4.74 Å². The zero-order valence-electron chi connectivity index (χ0n) is 15.7. The fraction of sp³-hybridized carbons (Fsp3) is 0.273. The van der Waals surface area contributed by atoms with Gasteiger partial charge in [0, 0.05) is 19.2 Å². The van der Waals surface area contributed by atoms with Gasteiger partial charge in [-0.05, 0) is 48.4 Å². The molecule has 5 nitrogen and oxygen atoms in total. The Bertz CT molecular complexity index is 849. The summed E-state index contributed by atoms with van der Waals surface area (Å²) in [5.41, 5.74) is 1.58. The van der Waals surface area contributed by atoms with Crippen LogP contribution >= 0.6 is 0 Å². The smallest absolute Gasteiger partial charge is 0.233 e. The van der Waals surface area contributed by atoms with Gasteiger partial charge in [0.2, 0.25) is 11.8 Å². The third kappa shape index (κ3) is 4.06. The number of amides is 2. The summed E-state index contributed by atoms with van der Waals surface area (Å²) in [6, 6.07) is 13.2. The summed E-state index contributed by atoms with van der Waals surface area (Å²) < 4.78 is 18.8. The van der Waals surface area contributed by atoms with E-state index in [2.05, 4.69) is 11.9 Å². The number of rotatable bonds is 8. The molecule has 0 bridgehead atoms. The topological polar surface area (TPSA) is 58.6 Å². The van der Waals surface area contributed by atoms with E-state index in [1.807, 2.05) is 24.3 Å². The van der Waals surface area contributed by atoms with Crippen LogP contribution in [0.1, 0.15) is 24.4 Å². The maximum atomic E-state index is 13.3. The van der Waals surface area contributed by atoms with Crippen LogP contribution < -0.4 is 15.0 Å². The number of benzene rings is 2. The summed E-state index contributed by atoms with van der Waals surface area (Å²) in [7, 11) is 1.58. The lowest BCUT2D eigenvalue weighted by Gasteiger charge is -2.47. The third-order valence-electron chi connectivity index (χ3n) is 4.87. The van der Waals surface area contributed by atoms with Gasteiger partial charge in [0.1, 0.15) is 18.2 Å². The fourth-order valence-corrected chi connectivity index (χ4v) is 3.43. The monoisotopic (exact) mass is 382 g/mol. The third-order valence-corrected chi connectivity index (χ3v) is 4.87. The molecule has 146 valence electrons. The first kappa shape index (κ1) is 19.6. The molecule has 1 fully saturated rings. The van der Waals surface area contributed by atoms with Crippen LogP contribution in [-0.2, 0) is 9.59 Å². The maximum Gasteiger partial charge on any atom is 0.233 e.